The highest BCUT2D eigenvalue weighted by atomic mass is 32.2. The molecule has 0 aromatic heterocycles. The van der Waals surface area contributed by atoms with Crippen LogP contribution in [0.3, 0.4) is 0 Å². The van der Waals surface area contributed by atoms with E-state index >= 15 is 0 Å². The first kappa shape index (κ1) is 27.5. The quantitative estimate of drug-likeness (QED) is 0.163. The average molecular weight is 509 g/mol. The third-order valence-electron chi connectivity index (χ3n) is 6.21. The summed E-state index contributed by atoms with van der Waals surface area (Å²) in [5.41, 5.74) is 3.76. The summed E-state index contributed by atoms with van der Waals surface area (Å²) in [5.74, 6) is 1.03. The molecule has 0 aliphatic heterocycles. The summed E-state index contributed by atoms with van der Waals surface area (Å²) in [6, 6.07) is 16.2. The fourth-order valence-corrected chi connectivity index (χ4v) is 5.61. The third-order valence-corrected chi connectivity index (χ3v) is 8.03. The van der Waals surface area contributed by atoms with Gasteiger partial charge in [-0.25, -0.2) is 8.42 Å². The Bertz CT molecular complexity index is 1340. The maximum absolute atomic E-state index is 12.6. The van der Waals surface area contributed by atoms with Gasteiger partial charge in [0.25, 0.3) is 0 Å². The summed E-state index contributed by atoms with van der Waals surface area (Å²) < 4.78 is 36.6. The van der Waals surface area contributed by atoms with Gasteiger partial charge in [0.05, 0.1) is 10.6 Å². The average Bonchev–Trinajstić information content (AvgIpc) is 2.87. The van der Waals surface area contributed by atoms with Crippen molar-refractivity contribution >= 4 is 20.6 Å². The standard InChI is InChI=1S/C30H36O5S/c1-5-34-21-35-30-26(24(4)29(31)27-16-9-10-17-28(27)30)19-18-22(2)12-11-13-23(3)20-36(32,33)25-14-7-6-8-15-25/h6-10,13-18,31H,5,11-12,19-21H2,1-4H3/b22-18+,23-13+. The number of phenolic OH excluding ortho intramolecular Hbond substituents is 1. The van der Waals surface area contributed by atoms with Crippen LogP contribution < -0.4 is 4.74 Å². The lowest BCUT2D eigenvalue weighted by Gasteiger charge is -2.18. The monoisotopic (exact) mass is 508 g/mol. The molecule has 3 aromatic rings. The fourth-order valence-electron chi connectivity index (χ4n) is 4.15. The number of hydrogen-bond donors (Lipinski definition) is 1. The minimum absolute atomic E-state index is 0.0237. The van der Waals surface area contributed by atoms with E-state index in [0.717, 1.165) is 46.1 Å². The van der Waals surface area contributed by atoms with Crippen LogP contribution in [0.1, 0.15) is 44.7 Å². The van der Waals surface area contributed by atoms with Crippen LogP contribution in [0.4, 0.5) is 0 Å². The molecule has 0 heterocycles. The minimum atomic E-state index is -3.33. The molecule has 0 fully saturated rings. The molecule has 0 bridgehead atoms. The topological polar surface area (TPSA) is 72.8 Å². The molecule has 0 saturated heterocycles. The minimum Gasteiger partial charge on any atom is -0.507 e. The van der Waals surface area contributed by atoms with E-state index in [1.54, 1.807) is 24.3 Å². The molecule has 0 saturated carbocycles. The van der Waals surface area contributed by atoms with Crippen LogP contribution in [-0.2, 0) is 21.0 Å². The van der Waals surface area contributed by atoms with Gasteiger partial charge in [-0.2, -0.15) is 0 Å². The van der Waals surface area contributed by atoms with Gasteiger partial charge >= 0.3 is 0 Å². The number of phenols is 1. The first-order valence-corrected chi connectivity index (χ1v) is 13.9. The Balaban J connectivity index is 1.71. The van der Waals surface area contributed by atoms with Crippen molar-refractivity contribution in [2.24, 2.45) is 0 Å². The van der Waals surface area contributed by atoms with E-state index in [2.05, 4.69) is 13.0 Å². The molecule has 0 amide bonds. The van der Waals surface area contributed by atoms with Crippen molar-refractivity contribution in [3.63, 3.8) is 0 Å². The third kappa shape index (κ3) is 6.99. The molecule has 0 aliphatic rings. The highest BCUT2D eigenvalue weighted by Crippen LogP contribution is 2.40. The number of fused-ring (bicyclic) bond motifs is 1. The van der Waals surface area contributed by atoms with Crippen molar-refractivity contribution in [1.82, 2.24) is 0 Å². The second-order valence-electron chi connectivity index (χ2n) is 9.00. The lowest BCUT2D eigenvalue weighted by atomic mass is 9.95. The highest BCUT2D eigenvalue weighted by molar-refractivity contribution is 7.91. The van der Waals surface area contributed by atoms with Crippen LogP contribution >= 0.6 is 0 Å². The summed E-state index contributed by atoms with van der Waals surface area (Å²) in [4.78, 5) is 0.352. The van der Waals surface area contributed by atoms with E-state index in [4.69, 9.17) is 9.47 Å². The zero-order chi connectivity index (χ0) is 26.1. The molecular weight excluding hydrogens is 472 g/mol. The van der Waals surface area contributed by atoms with Crippen LogP contribution in [0.2, 0.25) is 0 Å². The van der Waals surface area contributed by atoms with Crippen LogP contribution in [0.15, 0.2) is 82.8 Å². The van der Waals surface area contributed by atoms with E-state index in [-0.39, 0.29) is 18.3 Å². The van der Waals surface area contributed by atoms with Crippen molar-refractivity contribution in [2.45, 2.75) is 51.9 Å². The number of ether oxygens (including phenoxy) is 2. The smallest absolute Gasteiger partial charge is 0.189 e. The van der Waals surface area contributed by atoms with E-state index < -0.39 is 9.84 Å². The van der Waals surface area contributed by atoms with Crippen molar-refractivity contribution in [3.8, 4) is 11.5 Å². The van der Waals surface area contributed by atoms with Crippen LogP contribution in [-0.4, -0.2) is 32.7 Å². The fraction of sp³-hybridized carbons (Fsp3) is 0.333. The molecule has 0 aliphatic carbocycles. The van der Waals surface area contributed by atoms with E-state index in [1.165, 1.54) is 5.57 Å². The van der Waals surface area contributed by atoms with E-state index in [9.17, 15) is 13.5 Å². The summed E-state index contributed by atoms with van der Waals surface area (Å²) in [5, 5.41) is 12.4. The van der Waals surface area contributed by atoms with Crippen LogP contribution in [0.25, 0.3) is 10.8 Å². The molecule has 36 heavy (non-hydrogen) atoms. The van der Waals surface area contributed by atoms with Crippen LogP contribution in [0.5, 0.6) is 11.5 Å². The Morgan fingerprint density at radius 1 is 0.944 bits per heavy atom. The summed E-state index contributed by atoms with van der Waals surface area (Å²) >= 11 is 0. The molecule has 3 rings (SSSR count). The van der Waals surface area contributed by atoms with Gasteiger partial charge < -0.3 is 14.6 Å². The first-order valence-electron chi connectivity index (χ1n) is 12.3. The maximum atomic E-state index is 12.6. The molecule has 0 atom stereocenters. The molecule has 0 radical (unpaired) electrons. The Morgan fingerprint density at radius 2 is 1.61 bits per heavy atom. The molecule has 6 heteroatoms. The molecule has 5 nitrogen and oxygen atoms in total. The second-order valence-corrected chi connectivity index (χ2v) is 11.0. The number of rotatable bonds is 12. The number of hydrogen-bond acceptors (Lipinski definition) is 5. The second kappa shape index (κ2) is 12.7. The lowest BCUT2D eigenvalue weighted by Crippen LogP contribution is -2.07. The van der Waals surface area contributed by atoms with Gasteiger partial charge in [-0.1, -0.05) is 65.8 Å². The number of sulfone groups is 1. The Hall–Kier alpha value is -3.09. The summed E-state index contributed by atoms with van der Waals surface area (Å²) in [6.07, 6.45) is 6.34. The summed E-state index contributed by atoms with van der Waals surface area (Å²) in [7, 11) is -3.33. The molecule has 0 spiro atoms. The first-order chi connectivity index (χ1) is 17.2. The van der Waals surface area contributed by atoms with Gasteiger partial charge in [0.1, 0.15) is 11.5 Å². The van der Waals surface area contributed by atoms with Gasteiger partial charge in [0, 0.05) is 22.9 Å². The van der Waals surface area contributed by atoms with Crippen LogP contribution in [0, 0.1) is 6.92 Å². The molecule has 3 aromatic carbocycles. The molecule has 1 N–H and O–H groups in total. The molecule has 0 unspecified atom stereocenters. The van der Waals surface area contributed by atoms with Gasteiger partial charge in [0.15, 0.2) is 16.6 Å². The Labute approximate surface area is 215 Å². The van der Waals surface area contributed by atoms with Crippen molar-refractivity contribution in [2.75, 3.05) is 19.2 Å². The molecular formula is C30H36O5S. The normalized spacial score (nSPS) is 12.8. The largest absolute Gasteiger partial charge is 0.507 e. The SMILES string of the molecule is CCOCOc1c(C/C=C(\C)CC/C=C(\C)CS(=O)(=O)c2ccccc2)c(C)c(O)c2ccccc12. The van der Waals surface area contributed by atoms with E-state index in [0.29, 0.717) is 17.9 Å². The predicted octanol–water partition coefficient (Wildman–Crippen LogP) is 6.92. The number of benzene rings is 3. The van der Waals surface area contributed by atoms with Crippen molar-refractivity contribution < 1.29 is 23.0 Å². The zero-order valence-electron chi connectivity index (χ0n) is 21.6. The predicted molar refractivity (Wildman–Crippen MR) is 146 cm³/mol. The molecule has 192 valence electrons. The lowest BCUT2D eigenvalue weighted by molar-refractivity contribution is 0.0228. The Kier molecular flexibility index (Phi) is 9.73. The van der Waals surface area contributed by atoms with Crippen molar-refractivity contribution in [3.05, 3.63) is 89.0 Å². The van der Waals surface area contributed by atoms with Gasteiger partial charge in [-0.15, -0.1) is 0 Å². The van der Waals surface area contributed by atoms with Gasteiger partial charge in [-0.05, 0) is 64.7 Å². The maximum Gasteiger partial charge on any atom is 0.189 e. The number of aromatic hydroxyl groups is 1. The zero-order valence-corrected chi connectivity index (χ0v) is 22.4. The summed E-state index contributed by atoms with van der Waals surface area (Å²) in [6.45, 7) is 8.47. The van der Waals surface area contributed by atoms with Gasteiger partial charge in [0.2, 0.25) is 0 Å². The van der Waals surface area contributed by atoms with Gasteiger partial charge in [-0.3, -0.25) is 0 Å². The number of allylic oxidation sites excluding steroid dienone is 3. The van der Waals surface area contributed by atoms with Crippen molar-refractivity contribution in [1.29, 1.82) is 0 Å². The van der Waals surface area contributed by atoms with E-state index in [1.807, 2.05) is 57.2 Å². The highest BCUT2D eigenvalue weighted by Gasteiger charge is 2.17. The Morgan fingerprint density at radius 3 is 2.31 bits per heavy atom.